The Balaban J connectivity index is 1.91. The van der Waals surface area contributed by atoms with Crippen LogP contribution in [0.15, 0.2) is 54.7 Å². The summed E-state index contributed by atoms with van der Waals surface area (Å²) in [5.41, 5.74) is 6.23. The topological polar surface area (TPSA) is 24.9 Å². The van der Waals surface area contributed by atoms with Crippen LogP contribution in [0, 0.1) is 6.92 Å². The second-order valence-electron chi connectivity index (χ2n) is 5.31. The third-order valence-corrected chi connectivity index (χ3v) is 3.91. The fourth-order valence-electron chi connectivity index (χ4n) is 2.77. The molecule has 21 heavy (non-hydrogen) atoms. The van der Waals surface area contributed by atoms with E-state index >= 15 is 0 Å². The van der Waals surface area contributed by atoms with E-state index in [1.165, 1.54) is 27.8 Å². The van der Waals surface area contributed by atoms with Crippen molar-refractivity contribution in [2.24, 2.45) is 0 Å². The lowest BCUT2D eigenvalue weighted by Crippen LogP contribution is -2.05. The summed E-state index contributed by atoms with van der Waals surface area (Å²) in [6, 6.07) is 16.9. The standard InChI is InChI=1S/C19H20N2/c1-3-15-8-4-7-14(2)18(15)21-13-17-10-5-9-16-11-6-12-20-19(16)17/h4-12,21H,3,13H2,1-2H3. The van der Waals surface area contributed by atoms with E-state index in [2.05, 4.69) is 66.6 Å². The van der Waals surface area contributed by atoms with Crippen LogP contribution in [0.5, 0.6) is 0 Å². The maximum atomic E-state index is 4.52. The number of aromatic nitrogens is 1. The summed E-state index contributed by atoms with van der Waals surface area (Å²) < 4.78 is 0. The molecule has 0 bridgehead atoms. The molecule has 1 N–H and O–H groups in total. The fourth-order valence-corrected chi connectivity index (χ4v) is 2.77. The van der Waals surface area contributed by atoms with Crippen molar-refractivity contribution in [3.8, 4) is 0 Å². The predicted molar refractivity (Wildman–Crippen MR) is 89.6 cm³/mol. The van der Waals surface area contributed by atoms with Crippen molar-refractivity contribution in [3.63, 3.8) is 0 Å². The SMILES string of the molecule is CCc1cccc(C)c1NCc1cccc2cccnc12. The van der Waals surface area contributed by atoms with E-state index in [-0.39, 0.29) is 0 Å². The summed E-state index contributed by atoms with van der Waals surface area (Å²) in [4.78, 5) is 4.52. The van der Waals surface area contributed by atoms with Crippen LogP contribution in [0.4, 0.5) is 5.69 Å². The van der Waals surface area contributed by atoms with Crippen LogP contribution in [-0.2, 0) is 13.0 Å². The number of nitrogens with one attached hydrogen (secondary N) is 1. The van der Waals surface area contributed by atoms with Gasteiger partial charge in [-0.05, 0) is 36.1 Å². The van der Waals surface area contributed by atoms with Crippen molar-refractivity contribution in [1.29, 1.82) is 0 Å². The minimum atomic E-state index is 0.798. The summed E-state index contributed by atoms with van der Waals surface area (Å²) in [5.74, 6) is 0. The molecule has 0 aliphatic carbocycles. The number of aryl methyl sites for hydroxylation is 2. The zero-order valence-corrected chi connectivity index (χ0v) is 12.6. The number of benzene rings is 2. The van der Waals surface area contributed by atoms with Crippen LogP contribution in [0.25, 0.3) is 10.9 Å². The molecule has 0 saturated carbocycles. The first-order chi connectivity index (χ1) is 10.3. The third-order valence-electron chi connectivity index (χ3n) is 3.91. The molecule has 2 aromatic carbocycles. The van der Waals surface area contributed by atoms with E-state index in [0.717, 1.165) is 18.5 Å². The van der Waals surface area contributed by atoms with Crippen molar-refractivity contribution in [3.05, 3.63) is 71.4 Å². The monoisotopic (exact) mass is 276 g/mol. The van der Waals surface area contributed by atoms with Gasteiger partial charge in [0.05, 0.1) is 5.52 Å². The van der Waals surface area contributed by atoms with Gasteiger partial charge in [-0.3, -0.25) is 4.98 Å². The molecule has 0 atom stereocenters. The van der Waals surface area contributed by atoms with Gasteiger partial charge in [-0.1, -0.05) is 49.4 Å². The van der Waals surface area contributed by atoms with E-state index in [9.17, 15) is 0 Å². The summed E-state index contributed by atoms with van der Waals surface area (Å²) in [5, 5.41) is 4.79. The molecule has 1 heterocycles. The Kier molecular flexibility index (Phi) is 3.87. The van der Waals surface area contributed by atoms with Gasteiger partial charge in [-0.2, -0.15) is 0 Å². The number of fused-ring (bicyclic) bond motifs is 1. The van der Waals surface area contributed by atoms with Crippen LogP contribution in [0.1, 0.15) is 23.6 Å². The molecule has 0 aliphatic heterocycles. The van der Waals surface area contributed by atoms with Gasteiger partial charge in [0, 0.05) is 23.8 Å². The zero-order chi connectivity index (χ0) is 14.7. The van der Waals surface area contributed by atoms with Crippen molar-refractivity contribution in [1.82, 2.24) is 4.98 Å². The van der Waals surface area contributed by atoms with Crippen molar-refractivity contribution >= 4 is 16.6 Å². The average molecular weight is 276 g/mol. The molecule has 3 rings (SSSR count). The van der Waals surface area contributed by atoms with Gasteiger partial charge in [0.1, 0.15) is 0 Å². The van der Waals surface area contributed by atoms with Gasteiger partial charge in [-0.15, -0.1) is 0 Å². The first-order valence-corrected chi connectivity index (χ1v) is 7.44. The molecule has 3 aromatic rings. The highest BCUT2D eigenvalue weighted by Crippen LogP contribution is 2.23. The quantitative estimate of drug-likeness (QED) is 0.746. The Morgan fingerprint density at radius 1 is 0.952 bits per heavy atom. The molecule has 0 unspecified atom stereocenters. The number of nitrogens with zero attached hydrogens (tertiary/aromatic N) is 1. The molecular weight excluding hydrogens is 256 g/mol. The Morgan fingerprint density at radius 2 is 1.71 bits per heavy atom. The summed E-state index contributed by atoms with van der Waals surface area (Å²) in [6.45, 7) is 5.15. The van der Waals surface area contributed by atoms with E-state index in [4.69, 9.17) is 0 Å². The largest absolute Gasteiger partial charge is 0.380 e. The smallest absolute Gasteiger partial charge is 0.0751 e. The molecule has 2 heteroatoms. The average Bonchev–Trinajstić information content (AvgIpc) is 2.53. The van der Waals surface area contributed by atoms with E-state index in [0.29, 0.717) is 0 Å². The zero-order valence-electron chi connectivity index (χ0n) is 12.6. The highest BCUT2D eigenvalue weighted by Gasteiger charge is 2.06. The first-order valence-electron chi connectivity index (χ1n) is 7.44. The molecule has 1 aromatic heterocycles. The summed E-state index contributed by atoms with van der Waals surface area (Å²) in [6.07, 6.45) is 2.90. The Morgan fingerprint density at radius 3 is 2.57 bits per heavy atom. The molecule has 0 saturated heterocycles. The van der Waals surface area contributed by atoms with Crippen molar-refractivity contribution < 1.29 is 0 Å². The number of hydrogen-bond donors (Lipinski definition) is 1. The van der Waals surface area contributed by atoms with Gasteiger partial charge in [0.15, 0.2) is 0 Å². The van der Waals surface area contributed by atoms with E-state index < -0.39 is 0 Å². The van der Waals surface area contributed by atoms with E-state index in [1.807, 2.05) is 12.3 Å². The fraction of sp³-hybridized carbons (Fsp3) is 0.211. The second kappa shape index (κ2) is 5.96. The molecule has 2 nitrogen and oxygen atoms in total. The van der Waals surface area contributed by atoms with Gasteiger partial charge < -0.3 is 5.32 Å². The maximum Gasteiger partial charge on any atom is 0.0751 e. The van der Waals surface area contributed by atoms with Crippen molar-refractivity contribution in [2.75, 3.05) is 5.32 Å². The van der Waals surface area contributed by atoms with Crippen LogP contribution >= 0.6 is 0 Å². The minimum Gasteiger partial charge on any atom is -0.380 e. The third kappa shape index (κ3) is 2.75. The molecule has 0 aliphatic rings. The number of rotatable bonds is 4. The van der Waals surface area contributed by atoms with Gasteiger partial charge in [0.25, 0.3) is 0 Å². The van der Waals surface area contributed by atoms with E-state index in [1.54, 1.807) is 0 Å². The number of pyridine rings is 1. The summed E-state index contributed by atoms with van der Waals surface area (Å²) in [7, 11) is 0. The molecule has 0 fully saturated rings. The van der Waals surface area contributed by atoms with Gasteiger partial charge in [0.2, 0.25) is 0 Å². The van der Waals surface area contributed by atoms with Crippen LogP contribution < -0.4 is 5.32 Å². The lowest BCUT2D eigenvalue weighted by molar-refractivity contribution is 1.08. The Hall–Kier alpha value is -2.35. The van der Waals surface area contributed by atoms with Crippen molar-refractivity contribution in [2.45, 2.75) is 26.8 Å². The Labute approximate surface area is 125 Å². The Bertz CT molecular complexity index is 757. The number of para-hydroxylation sites is 2. The minimum absolute atomic E-state index is 0.798. The second-order valence-corrected chi connectivity index (χ2v) is 5.31. The molecule has 0 spiro atoms. The highest BCUT2D eigenvalue weighted by atomic mass is 14.9. The lowest BCUT2D eigenvalue weighted by atomic mass is 10.0. The maximum absolute atomic E-state index is 4.52. The van der Waals surface area contributed by atoms with Crippen LogP contribution in [-0.4, -0.2) is 4.98 Å². The molecule has 106 valence electrons. The summed E-state index contributed by atoms with van der Waals surface area (Å²) >= 11 is 0. The highest BCUT2D eigenvalue weighted by molar-refractivity contribution is 5.81. The molecule has 0 radical (unpaired) electrons. The van der Waals surface area contributed by atoms with Crippen LogP contribution in [0.2, 0.25) is 0 Å². The van der Waals surface area contributed by atoms with Gasteiger partial charge >= 0.3 is 0 Å². The van der Waals surface area contributed by atoms with Crippen LogP contribution in [0.3, 0.4) is 0 Å². The first kappa shape index (κ1) is 13.6. The molecular formula is C19H20N2. The normalized spacial score (nSPS) is 10.8. The van der Waals surface area contributed by atoms with Gasteiger partial charge in [-0.25, -0.2) is 0 Å². The number of hydrogen-bond acceptors (Lipinski definition) is 2. The molecule has 0 amide bonds. The predicted octanol–water partition coefficient (Wildman–Crippen LogP) is 4.72. The lowest BCUT2D eigenvalue weighted by Gasteiger charge is -2.14. The number of anilines is 1.